The van der Waals surface area contributed by atoms with E-state index in [-0.39, 0.29) is 6.04 Å². The first-order valence-electron chi connectivity index (χ1n) is 5.98. The lowest BCUT2D eigenvalue weighted by molar-refractivity contribution is 0.698. The van der Waals surface area contributed by atoms with Gasteiger partial charge in [-0.2, -0.15) is 0 Å². The van der Waals surface area contributed by atoms with E-state index in [4.69, 9.17) is 5.73 Å². The van der Waals surface area contributed by atoms with E-state index in [0.717, 1.165) is 10.9 Å². The summed E-state index contributed by atoms with van der Waals surface area (Å²) in [7, 11) is 0. The SMILES string of the molecule is CC[C@H](N)c1ccc(Sc2ccccc2Br)cc1. The van der Waals surface area contributed by atoms with Crippen molar-refractivity contribution in [1.29, 1.82) is 0 Å². The zero-order valence-corrected chi connectivity index (χ0v) is 12.7. The van der Waals surface area contributed by atoms with E-state index in [0.29, 0.717) is 0 Å². The highest BCUT2D eigenvalue weighted by molar-refractivity contribution is 9.10. The Labute approximate surface area is 121 Å². The molecule has 0 aliphatic carbocycles. The summed E-state index contributed by atoms with van der Waals surface area (Å²) in [5, 5.41) is 0. The minimum Gasteiger partial charge on any atom is -0.324 e. The lowest BCUT2D eigenvalue weighted by Gasteiger charge is -2.10. The standard InChI is InChI=1S/C15H16BrNS/c1-2-14(17)11-7-9-12(10-8-11)18-15-6-4-3-5-13(15)16/h3-10,14H,2,17H2,1H3/t14-/m0/s1. The van der Waals surface area contributed by atoms with E-state index < -0.39 is 0 Å². The van der Waals surface area contributed by atoms with Crippen LogP contribution in [-0.2, 0) is 0 Å². The molecule has 2 N–H and O–H groups in total. The van der Waals surface area contributed by atoms with Crippen LogP contribution in [0.2, 0.25) is 0 Å². The van der Waals surface area contributed by atoms with Crippen molar-refractivity contribution in [3.05, 3.63) is 58.6 Å². The van der Waals surface area contributed by atoms with Gasteiger partial charge in [-0.3, -0.25) is 0 Å². The maximum absolute atomic E-state index is 6.01. The predicted octanol–water partition coefficient (Wildman–Crippen LogP) is 5.01. The zero-order valence-electron chi connectivity index (χ0n) is 10.3. The van der Waals surface area contributed by atoms with Crippen molar-refractivity contribution in [2.75, 3.05) is 0 Å². The van der Waals surface area contributed by atoms with Crippen molar-refractivity contribution in [2.24, 2.45) is 5.73 Å². The summed E-state index contributed by atoms with van der Waals surface area (Å²) in [6, 6.07) is 16.9. The molecular weight excluding hydrogens is 306 g/mol. The molecule has 2 aromatic rings. The van der Waals surface area contributed by atoms with E-state index in [1.807, 2.05) is 6.07 Å². The second kappa shape index (κ2) is 6.41. The Balaban J connectivity index is 2.14. The van der Waals surface area contributed by atoms with E-state index in [1.54, 1.807) is 11.8 Å². The molecule has 0 amide bonds. The molecule has 0 bridgehead atoms. The highest BCUT2D eigenvalue weighted by atomic mass is 79.9. The van der Waals surface area contributed by atoms with Gasteiger partial charge in [0, 0.05) is 20.3 Å². The molecule has 0 fully saturated rings. The van der Waals surface area contributed by atoms with E-state index in [1.165, 1.54) is 15.4 Å². The van der Waals surface area contributed by atoms with Gasteiger partial charge in [0.25, 0.3) is 0 Å². The smallest absolute Gasteiger partial charge is 0.0314 e. The Morgan fingerprint density at radius 3 is 2.39 bits per heavy atom. The predicted molar refractivity (Wildman–Crippen MR) is 81.9 cm³/mol. The van der Waals surface area contributed by atoms with Gasteiger partial charge in [0.15, 0.2) is 0 Å². The molecule has 0 radical (unpaired) electrons. The first-order chi connectivity index (χ1) is 8.70. The average Bonchev–Trinajstić information content (AvgIpc) is 2.41. The van der Waals surface area contributed by atoms with Gasteiger partial charge in [-0.25, -0.2) is 0 Å². The monoisotopic (exact) mass is 321 g/mol. The normalized spacial score (nSPS) is 12.4. The zero-order chi connectivity index (χ0) is 13.0. The van der Waals surface area contributed by atoms with Crippen molar-refractivity contribution in [2.45, 2.75) is 29.2 Å². The van der Waals surface area contributed by atoms with Crippen molar-refractivity contribution < 1.29 is 0 Å². The van der Waals surface area contributed by atoms with Crippen molar-refractivity contribution in [3.8, 4) is 0 Å². The Bertz CT molecular complexity index is 510. The molecule has 0 aliphatic rings. The van der Waals surface area contributed by atoms with Crippen molar-refractivity contribution in [3.63, 3.8) is 0 Å². The first kappa shape index (κ1) is 13.7. The number of hydrogen-bond acceptors (Lipinski definition) is 2. The molecule has 18 heavy (non-hydrogen) atoms. The van der Waals surface area contributed by atoms with Crippen LogP contribution < -0.4 is 5.73 Å². The molecule has 2 rings (SSSR count). The number of benzene rings is 2. The third-order valence-electron chi connectivity index (χ3n) is 2.81. The Hall–Kier alpha value is -0.770. The third kappa shape index (κ3) is 3.37. The summed E-state index contributed by atoms with van der Waals surface area (Å²) in [5.41, 5.74) is 7.21. The summed E-state index contributed by atoms with van der Waals surface area (Å²) in [6.45, 7) is 2.11. The summed E-state index contributed by atoms with van der Waals surface area (Å²) in [5.74, 6) is 0. The van der Waals surface area contributed by atoms with E-state index in [9.17, 15) is 0 Å². The van der Waals surface area contributed by atoms with Crippen LogP contribution >= 0.6 is 27.7 Å². The van der Waals surface area contributed by atoms with E-state index >= 15 is 0 Å². The third-order valence-corrected chi connectivity index (χ3v) is 4.85. The largest absolute Gasteiger partial charge is 0.324 e. The molecule has 1 atom stereocenters. The maximum atomic E-state index is 6.01. The molecule has 0 aliphatic heterocycles. The van der Waals surface area contributed by atoms with Gasteiger partial charge in [-0.1, -0.05) is 43.0 Å². The van der Waals surface area contributed by atoms with Gasteiger partial charge in [0.1, 0.15) is 0 Å². The fraction of sp³-hybridized carbons (Fsp3) is 0.200. The molecule has 0 saturated heterocycles. The highest BCUT2D eigenvalue weighted by Crippen LogP contribution is 2.33. The molecule has 94 valence electrons. The molecule has 2 aromatic carbocycles. The number of nitrogens with two attached hydrogens (primary N) is 1. The Morgan fingerprint density at radius 1 is 1.11 bits per heavy atom. The molecule has 3 heteroatoms. The fourth-order valence-electron chi connectivity index (χ4n) is 1.67. The van der Waals surface area contributed by atoms with Crippen LogP contribution in [0.4, 0.5) is 0 Å². The minimum absolute atomic E-state index is 0.146. The second-order valence-corrected chi connectivity index (χ2v) is 6.09. The van der Waals surface area contributed by atoms with Crippen LogP contribution in [0.25, 0.3) is 0 Å². The van der Waals surface area contributed by atoms with Gasteiger partial charge in [-0.05, 0) is 52.2 Å². The van der Waals surface area contributed by atoms with Crippen molar-refractivity contribution in [1.82, 2.24) is 0 Å². The van der Waals surface area contributed by atoms with Crippen LogP contribution in [0.5, 0.6) is 0 Å². The molecule has 0 saturated carbocycles. The van der Waals surface area contributed by atoms with Crippen LogP contribution in [0.3, 0.4) is 0 Å². The maximum Gasteiger partial charge on any atom is 0.0314 e. The minimum atomic E-state index is 0.146. The van der Waals surface area contributed by atoms with Crippen molar-refractivity contribution >= 4 is 27.7 Å². The van der Waals surface area contributed by atoms with Gasteiger partial charge in [0.2, 0.25) is 0 Å². The summed E-state index contributed by atoms with van der Waals surface area (Å²) < 4.78 is 1.13. The van der Waals surface area contributed by atoms with Crippen LogP contribution in [-0.4, -0.2) is 0 Å². The molecule has 1 nitrogen and oxygen atoms in total. The molecular formula is C15H16BrNS. The van der Waals surface area contributed by atoms with Crippen LogP contribution in [0, 0.1) is 0 Å². The molecule has 0 aromatic heterocycles. The lowest BCUT2D eigenvalue weighted by atomic mass is 10.1. The van der Waals surface area contributed by atoms with Gasteiger partial charge in [0.05, 0.1) is 0 Å². The first-order valence-corrected chi connectivity index (χ1v) is 7.59. The molecule has 0 spiro atoms. The van der Waals surface area contributed by atoms with Gasteiger partial charge in [-0.15, -0.1) is 0 Å². The fourth-order valence-corrected chi connectivity index (χ4v) is 3.04. The molecule has 0 heterocycles. The number of hydrogen-bond donors (Lipinski definition) is 1. The van der Waals surface area contributed by atoms with Gasteiger partial charge < -0.3 is 5.73 Å². The van der Waals surface area contributed by atoms with Crippen LogP contribution in [0.15, 0.2) is 62.8 Å². The Kier molecular flexibility index (Phi) is 4.87. The van der Waals surface area contributed by atoms with Crippen LogP contribution in [0.1, 0.15) is 24.9 Å². The van der Waals surface area contributed by atoms with Gasteiger partial charge >= 0.3 is 0 Å². The topological polar surface area (TPSA) is 26.0 Å². The Morgan fingerprint density at radius 2 is 1.78 bits per heavy atom. The average molecular weight is 322 g/mol. The summed E-state index contributed by atoms with van der Waals surface area (Å²) in [6.07, 6.45) is 0.969. The quantitative estimate of drug-likeness (QED) is 0.856. The summed E-state index contributed by atoms with van der Waals surface area (Å²) >= 11 is 5.32. The number of rotatable bonds is 4. The summed E-state index contributed by atoms with van der Waals surface area (Å²) in [4.78, 5) is 2.46. The lowest BCUT2D eigenvalue weighted by Crippen LogP contribution is -2.07. The highest BCUT2D eigenvalue weighted by Gasteiger charge is 2.04. The molecule has 0 unspecified atom stereocenters. The number of halogens is 1. The second-order valence-electron chi connectivity index (χ2n) is 4.12. The van der Waals surface area contributed by atoms with E-state index in [2.05, 4.69) is 65.3 Å².